The molecule has 2 N–H and O–H groups in total. The minimum atomic E-state index is -0.413. The maximum atomic E-state index is 11.4. The van der Waals surface area contributed by atoms with E-state index < -0.39 is 5.91 Å². The van der Waals surface area contributed by atoms with E-state index in [9.17, 15) is 4.79 Å². The van der Waals surface area contributed by atoms with Gasteiger partial charge in [0, 0.05) is 31.2 Å². The van der Waals surface area contributed by atoms with Crippen molar-refractivity contribution in [2.24, 2.45) is 5.73 Å². The van der Waals surface area contributed by atoms with Crippen molar-refractivity contribution in [1.82, 2.24) is 9.80 Å². The van der Waals surface area contributed by atoms with E-state index in [1.165, 1.54) is 16.7 Å². The third-order valence-electron chi connectivity index (χ3n) is 5.86. The molecule has 0 saturated carbocycles. The van der Waals surface area contributed by atoms with Crippen molar-refractivity contribution >= 4 is 5.91 Å². The number of amides is 1. The average Bonchev–Trinajstić information content (AvgIpc) is 3.16. The van der Waals surface area contributed by atoms with Crippen LogP contribution in [0.4, 0.5) is 0 Å². The van der Waals surface area contributed by atoms with E-state index >= 15 is 0 Å². The summed E-state index contributed by atoms with van der Waals surface area (Å²) in [6.45, 7) is 12.2. The fraction of sp³-hybridized carbons (Fsp3) is 0.526. The second-order valence-corrected chi connectivity index (χ2v) is 6.99. The fourth-order valence-electron chi connectivity index (χ4n) is 4.31. The van der Waals surface area contributed by atoms with Gasteiger partial charge in [0.25, 0.3) is 5.91 Å². The molecule has 2 saturated heterocycles. The van der Waals surface area contributed by atoms with E-state index in [1.54, 1.807) is 7.11 Å². The number of hydrogen-bond donors (Lipinski definition) is 1. The number of fused-ring (bicyclic) bond motifs is 2. The van der Waals surface area contributed by atoms with E-state index in [2.05, 4.69) is 49.3 Å². The number of piperazine rings is 1. The van der Waals surface area contributed by atoms with Crippen molar-refractivity contribution in [2.75, 3.05) is 20.2 Å². The smallest absolute Gasteiger partial charge is 0.264 e. The predicted octanol–water partition coefficient (Wildman–Crippen LogP) is 2.13. The molecule has 24 heavy (non-hydrogen) atoms. The Labute approximate surface area is 144 Å². The number of likely N-dealkylation sites (tertiary alicyclic amines) is 2. The molecule has 130 valence electrons. The summed E-state index contributed by atoms with van der Waals surface area (Å²) in [5.41, 5.74) is 9.69. The largest absolute Gasteiger partial charge is 0.496 e. The Morgan fingerprint density at radius 3 is 2.54 bits per heavy atom. The maximum Gasteiger partial charge on any atom is 0.264 e. The normalized spacial score (nSPS) is 24.2. The van der Waals surface area contributed by atoms with Gasteiger partial charge in [-0.05, 0) is 49.9 Å². The number of rotatable bonds is 5. The molecule has 2 bridgehead atoms. The van der Waals surface area contributed by atoms with E-state index in [-0.39, 0.29) is 0 Å². The summed E-state index contributed by atoms with van der Waals surface area (Å²) >= 11 is 0. The topological polar surface area (TPSA) is 58.8 Å². The summed E-state index contributed by atoms with van der Waals surface area (Å²) in [5, 5.41) is 0. The summed E-state index contributed by atoms with van der Waals surface area (Å²) in [7, 11) is 1.71. The fourth-order valence-corrected chi connectivity index (χ4v) is 4.31. The minimum Gasteiger partial charge on any atom is -0.496 e. The molecule has 2 fully saturated rings. The molecule has 3 atom stereocenters. The molecule has 1 aromatic carbocycles. The van der Waals surface area contributed by atoms with E-state index in [4.69, 9.17) is 10.5 Å². The van der Waals surface area contributed by atoms with Gasteiger partial charge in [0.2, 0.25) is 0 Å². The number of carbonyl (C=O) groups excluding carboxylic acids is 1. The second-order valence-electron chi connectivity index (χ2n) is 6.99. The van der Waals surface area contributed by atoms with Crippen molar-refractivity contribution in [3.05, 3.63) is 41.1 Å². The second kappa shape index (κ2) is 6.13. The lowest BCUT2D eigenvalue weighted by molar-refractivity contribution is -0.116. The number of hydrogen-bond acceptors (Lipinski definition) is 4. The van der Waals surface area contributed by atoms with Crippen LogP contribution in [0.15, 0.2) is 24.4 Å². The molecular formula is C19H27N3O2. The molecule has 0 spiro atoms. The lowest BCUT2D eigenvalue weighted by Crippen LogP contribution is -2.48. The molecule has 1 aromatic rings. The lowest BCUT2D eigenvalue weighted by Gasteiger charge is -2.39. The standard InChI is InChI=1S/C19H27N3O2/c1-11-12(2)18(24-5)7-6-17(11)13(3)21-9-16-8-15(21)10-22(16)14(4)19(20)23/h6-7,13,15-16H,4,8-10H2,1-3,5H3,(H2,20,23)/t13-,15-,16-/m0/s1. The van der Waals surface area contributed by atoms with Gasteiger partial charge in [-0.3, -0.25) is 9.69 Å². The zero-order valence-electron chi connectivity index (χ0n) is 15.0. The summed E-state index contributed by atoms with van der Waals surface area (Å²) in [4.78, 5) is 16.0. The molecule has 3 rings (SSSR count). The molecule has 5 nitrogen and oxygen atoms in total. The van der Waals surface area contributed by atoms with Crippen molar-refractivity contribution < 1.29 is 9.53 Å². The Bertz CT molecular complexity index is 685. The molecular weight excluding hydrogens is 302 g/mol. The van der Waals surface area contributed by atoms with Gasteiger partial charge in [-0.2, -0.15) is 0 Å². The summed E-state index contributed by atoms with van der Waals surface area (Å²) in [5.74, 6) is 0.527. The molecule has 2 aliphatic heterocycles. The van der Waals surface area contributed by atoms with E-state index in [0.29, 0.717) is 23.8 Å². The third kappa shape index (κ3) is 2.57. The van der Waals surface area contributed by atoms with Crippen LogP contribution in [-0.2, 0) is 4.79 Å². The van der Waals surface area contributed by atoms with Crippen molar-refractivity contribution in [3.8, 4) is 5.75 Å². The van der Waals surface area contributed by atoms with Crippen LogP contribution in [0.1, 0.15) is 36.1 Å². The number of nitrogens with zero attached hydrogens (tertiary/aromatic N) is 2. The van der Waals surface area contributed by atoms with Crippen molar-refractivity contribution in [1.29, 1.82) is 0 Å². The van der Waals surface area contributed by atoms with Crippen LogP contribution in [0.5, 0.6) is 5.75 Å². The first-order valence-electron chi connectivity index (χ1n) is 8.50. The first-order chi connectivity index (χ1) is 11.3. The average molecular weight is 329 g/mol. The highest BCUT2D eigenvalue weighted by Gasteiger charge is 2.46. The third-order valence-corrected chi connectivity index (χ3v) is 5.86. The van der Waals surface area contributed by atoms with Crippen LogP contribution in [0.25, 0.3) is 0 Å². The highest BCUT2D eigenvalue weighted by Crippen LogP contribution is 2.39. The van der Waals surface area contributed by atoms with Gasteiger partial charge < -0.3 is 15.4 Å². The minimum absolute atomic E-state index is 0.341. The van der Waals surface area contributed by atoms with Crippen LogP contribution >= 0.6 is 0 Å². The van der Waals surface area contributed by atoms with Gasteiger partial charge in [-0.15, -0.1) is 0 Å². The lowest BCUT2D eigenvalue weighted by atomic mass is 9.96. The van der Waals surface area contributed by atoms with Gasteiger partial charge in [-0.1, -0.05) is 12.6 Å². The summed E-state index contributed by atoms with van der Waals surface area (Å²) in [6, 6.07) is 5.37. The Balaban J connectivity index is 1.78. The van der Waals surface area contributed by atoms with Crippen molar-refractivity contribution in [2.45, 2.75) is 45.3 Å². The quantitative estimate of drug-likeness (QED) is 0.841. The maximum absolute atomic E-state index is 11.4. The van der Waals surface area contributed by atoms with Gasteiger partial charge in [-0.25, -0.2) is 0 Å². The summed E-state index contributed by atoms with van der Waals surface area (Å²) < 4.78 is 5.42. The van der Waals surface area contributed by atoms with Crippen LogP contribution in [0.2, 0.25) is 0 Å². The predicted molar refractivity (Wildman–Crippen MR) is 94.8 cm³/mol. The molecule has 0 aliphatic carbocycles. The van der Waals surface area contributed by atoms with Gasteiger partial charge in [0.1, 0.15) is 5.75 Å². The number of methoxy groups -OCH3 is 1. The van der Waals surface area contributed by atoms with Crippen LogP contribution < -0.4 is 10.5 Å². The van der Waals surface area contributed by atoms with Crippen LogP contribution in [-0.4, -0.2) is 48.0 Å². The molecule has 5 heteroatoms. The van der Waals surface area contributed by atoms with Crippen molar-refractivity contribution in [3.63, 3.8) is 0 Å². The molecule has 0 aromatic heterocycles. The monoisotopic (exact) mass is 329 g/mol. The molecule has 2 heterocycles. The Morgan fingerprint density at radius 1 is 1.29 bits per heavy atom. The number of primary amides is 1. The van der Waals surface area contributed by atoms with Crippen LogP contribution in [0, 0.1) is 13.8 Å². The highest BCUT2D eigenvalue weighted by atomic mass is 16.5. The number of nitrogens with two attached hydrogens (primary N) is 1. The molecule has 0 radical (unpaired) electrons. The Hall–Kier alpha value is -2.01. The highest BCUT2D eigenvalue weighted by molar-refractivity contribution is 5.90. The number of carbonyl (C=O) groups is 1. The van der Waals surface area contributed by atoms with Gasteiger partial charge in [0.05, 0.1) is 12.8 Å². The SMILES string of the molecule is C=C(C(N)=O)N1C[C@@H]2C[C@H]1CN2[C@@H](C)c1ccc(OC)c(C)c1C. The van der Waals surface area contributed by atoms with Gasteiger partial charge in [0.15, 0.2) is 0 Å². The first kappa shape index (κ1) is 16.8. The van der Waals surface area contributed by atoms with Gasteiger partial charge >= 0.3 is 0 Å². The first-order valence-corrected chi connectivity index (χ1v) is 8.50. The summed E-state index contributed by atoms with van der Waals surface area (Å²) in [6.07, 6.45) is 1.07. The van der Waals surface area contributed by atoms with Crippen LogP contribution in [0.3, 0.4) is 0 Å². The zero-order valence-corrected chi connectivity index (χ0v) is 15.0. The number of benzene rings is 1. The number of ether oxygens (including phenoxy) is 1. The Kier molecular flexibility index (Phi) is 4.30. The molecule has 1 amide bonds. The van der Waals surface area contributed by atoms with E-state index in [1.807, 2.05) is 0 Å². The molecule has 2 aliphatic rings. The zero-order chi connectivity index (χ0) is 17.6. The molecule has 0 unspecified atom stereocenters. The van der Waals surface area contributed by atoms with E-state index in [0.717, 1.165) is 25.3 Å². The Morgan fingerprint density at radius 2 is 2.00 bits per heavy atom.